The lowest BCUT2D eigenvalue weighted by Crippen LogP contribution is -2.23. The zero-order valence-corrected chi connectivity index (χ0v) is 12.9. The highest BCUT2D eigenvalue weighted by molar-refractivity contribution is 6.31. The minimum Gasteiger partial charge on any atom is -0.490 e. The van der Waals surface area contributed by atoms with Crippen molar-refractivity contribution in [3.8, 4) is 5.75 Å². The minimum atomic E-state index is 0.0429. The van der Waals surface area contributed by atoms with Gasteiger partial charge in [0.25, 0.3) is 0 Å². The van der Waals surface area contributed by atoms with Crippen LogP contribution in [0, 0.1) is 0 Å². The molecule has 1 aromatic carbocycles. The van der Waals surface area contributed by atoms with Crippen molar-refractivity contribution in [3.05, 3.63) is 28.8 Å². The Hall–Kier alpha value is -1.06. The predicted octanol–water partition coefficient (Wildman–Crippen LogP) is 3.80. The van der Waals surface area contributed by atoms with Crippen molar-refractivity contribution in [2.24, 2.45) is 0 Å². The molecule has 2 rings (SSSR count). The topological polar surface area (TPSA) is 29.5 Å². The van der Waals surface area contributed by atoms with Crippen LogP contribution in [0.4, 0.5) is 0 Å². The first-order valence-corrected chi connectivity index (χ1v) is 7.66. The number of rotatable bonds is 6. The van der Waals surface area contributed by atoms with Crippen molar-refractivity contribution in [2.75, 3.05) is 19.6 Å². The average molecular weight is 296 g/mol. The number of Topliss-reactive ketones (excluding diaryl/α,β-unsaturated/α-hetero) is 1. The molecule has 0 saturated carbocycles. The third-order valence-electron chi connectivity index (χ3n) is 3.46. The van der Waals surface area contributed by atoms with Gasteiger partial charge in [-0.1, -0.05) is 11.6 Å². The molecular weight excluding hydrogens is 274 g/mol. The number of nitrogens with zero attached hydrogens (tertiary/aromatic N) is 1. The number of halogens is 1. The van der Waals surface area contributed by atoms with Crippen LogP contribution in [0.25, 0.3) is 0 Å². The Kier molecular flexibility index (Phi) is 5.44. The molecule has 1 aliphatic rings. The third kappa shape index (κ3) is 4.22. The summed E-state index contributed by atoms with van der Waals surface area (Å²) in [4.78, 5) is 14.7. The molecule has 1 fully saturated rings. The van der Waals surface area contributed by atoms with E-state index in [1.165, 1.54) is 12.8 Å². The van der Waals surface area contributed by atoms with E-state index in [2.05, 4.69) is 4.90 Å². The van der Waals surface area contributed by atoms with Crippen molar-refractivity contribution in [2.45, 2.75) is 39.2 Å². The van der Waals surface area contributed by atoms with Crippen LogP contribution < -0.4 is 4.74 Å². The summed E-state index contributed by atoms with van der Waals surface area (Å²) in [6.07, 6.45) is 3.05. The predicted molar refractivity (Wildman–Crippen MR) is 81.8 cm³/mol. The maximum atomic E-state index is 12.4. The van der Waals surface area contributed by atoms with Crippen LogP contribution in [0.2, 0.25) is 5.02 Å². The van der Waals surface area contributed by atoms with Crippen molar-refractivity contribution in [3.63, 3.8) is 0 Å². The lowest BCUT2D eigenvalue weighted by Gasteiger charge is -2.16. The van der Waals surface area contributed by atoms with E-state index in [-0.39, 0.29) is 11.9 Å². The molecule has 0 bridgehead atoms. The first-order valence-electron chi connectivity index (χ1n) is 7.28. The molecule has 20 heavy (non-hydrogen) atoms. The maximum absolute atomic E-state index is 12.4. The molecule has 4 heteroatoms. The van der Waals surface area contributed by atoms with E-state index in [9.17, 15) is 4.79 Å². The zero-order chi connectivity index (χ0) is 14.5. The van der Waals surface area contributed by atoms with Gasteiger partial charge in [-0.15, -0.1) is 0 Å². The van der Waals surface area contributed by atoms with E-state index in [4.69, 9.17) is 16.3 Å². The van der Waals surface area contributed by atoms with Crippen molar-refractivity contribution >= 4 is 17.4 Å². The second kappa shape index (κ2) is 7.09. The summed E-state index contributed by atoms with van der Waals surface area (Å²) in [5.74, 6) is 0.742. The standard InChI is InChI=1S/C16H22ClNO2/c1-12(2)20-16-6-5-13(17)11-14(16)15(19)7-10-18-8-3-4-9-18/h5-6,11-12H,3-4,7-10H2,1-2H3. The second-order valence-electron chi connectivity index (χ2n) is 5.53. The summed E-state index contributed by atoms with van der Waals surface area (Å²) in [6.45, 7) is 6.95. The van der Waals surface area contributed by atoms with E-state index in [1.54, 1.807) is 18.2 Å². The van der Waals surface area contributed by atoms with Crippen LogP contribution in [-0.2, 0) is 0 Å². The van der Waals surface area contributed by atoms with Crippen molar-refractivity contribution in [1.82, 2.24) is 4.90 Å². The normalized spacial score (nSPS) is 15.8. The van der Waals surface area contributed by atoms with Crippen LogP contribution >= 0.6 is 11.6 Å². The molecule has 0 unspecified atom stereocenters. The number of hydrogen-bond acceptors (Lipinski definition) is 3. The fourth-order valence-corrected chi connectivity index (χ4v) is 2.65. The molecule has 0 amide bonds. The molecule has 0 radical (unpaired) electrons. The van der Waals surface area contributed by atoms with Crippen LogP contribution in [-0.4, -0.2) is 36.4 Å². The number of carbonyl (C=O) groups is 1. The summed E-state index contributed by atoms with van der Waals surface area (Å²) in [5, 5.41) is 0.575. The highest BCUT2D eigenvalue weighted by Gasteiger charge is 2.17. The smallest absolute Gasteiger partial charge is 0.167 e. The Bertz CT molecular complexity index is 468. The van der Waals surface area contributed by atoms with E-state index >= 15 is 0 Å². The van der Waals surface area contributed by atoms with Gasteiger partial charge >= 0.3 is 0 Å². The molecular formula is C16H22ClNO2. The molecule has 3 nitrogen and oxygen atoms in total. The van der Waals surface area contributed by atoms with Gasteiger partial charge in [0.15, 0.2) is 5.78 Å². The van der Waals surface area contributed by atoms with Gasteiger partial charge in [-0.25, -0.2) is 0 Å². The van der Waals surface area contributed by atoms with Crippen molar-refractivity contribution < 1.29 is 9.53 Å². The molecule has 1 aromatic rings. The van der Waals surface area contributed by atoms with E-state index in [0.717, 1.165) is 19.6 Å². The van der Waals surface area contributed by atoms with Gasteiger partial charge in [0.2, 0.25) is 0 Å². The van der Waals surface area contributed by atoms with E-state index in [1.807, 2.05) is 13.8 Å². The van der Waals surface area contributed by atoms with Crippen LogP contribution in [0.1, 0.15) is 43.5 Å². The Morgan fingerprint density at radius 3 is 2.70 bits per heavy atom. The first kappa shape index (κ1) is 15.3. The third-order valence-corrected chi connectivity index (χ3v) is 3.69. The molecule has 1 heterocycles. The van der Waals surface area contributed by atoms with Gasteiger partial charge in [0.1, 0.15) is 5.75 Å². The quantitative estimate of drug-likeness (QED) is 0.748. The number of carbonyl (C=O) groups excluding carboxylic acids is 1. The highest BCUT2D eigenvalue weighted by Crippen LogP contribution is 2.25. The van der Waals surface area contributed by atoms with E-state index < -0.39 is 0 Å². The minimum absolute atomic E-state index is 0.0429. The number of ketones is 1. The van der Waals surface area contributed by atoms with Crippen molar-refractivity contribution in [1.29, 1.82) is 0 Å². The fourth-order valence-electron chi connectivity index (χ4n) is 2.48. The molecule has 0 atom stereocenters. The van der Waals surface area contributed by atoms with E-state index in [0.29, 0.717) is 22.8 Å². The van der Waals surface area contributed by atoms with Crippen LogP contribution in [0.15, 0.2) is 18.2 Å². The molecule has 1 saturated heterocycles. The maximum Gasteiger partial charge on any atom is 0.167 e. The zero-order valence-electron chi connectivity index (χ0n) is 12.2. The number of benzene rings is 1. The number of hydrogen-bond donors (Lipinski definition) is 0. The molecule has 1 aliphatic heterocycles. The second-order valence-corrected chi connectivity index (χ2v) is 5.97. The molecule has 110 valence electrons. The number of likely N-dealkylation sites (tertiary alicyclic amines) is 1. The highest BCUT2D eigenvalue weighted by atomic mass is 35.5. The molecule has 0 aromatic heterocycles. The number of ether oxygens (including phenoxy) is 1. The molecule has 0 N–H and O–H groups in total. The Morgan fingerprint density at radius 2 is 2.05 bits per heavy atom. The SMILES string of the molecule is CC(C)Oc1ccc(Cl)cc1C(=O)CCN1CCCC1. The first-order chi connectivity index (χ1) is 9.56. The fraction of sp³-hybridized carbons (Fsp3) is 0.562. The average Bonchev–Trinajstić information content (AvgIpc) is 2.90. The summed E-state index contributed by atoms with van der Waals surface area (Å²) >= 11 is 6.01. The lowest BCUT2D eigenvalue weighted by atomic mass is 10.1. The largest absolute Gasteiger partial charge is 0.490 e. The Labute approximate surface area is 125 Å². The lowest BCUT2D eigenvalue weighted by molar-refractivity contribution is 0.0963. The molecule has 0 spiro atoms. The van der Waals surface area contributed by atoms with Crippen LogP contribution in [0.3, 0.4) is 0 Å². The van der Waals surface area contributed by atoms with Gasteiger partial charge in [0, 0.05) is 18.0 Å². The van der Waals surface area contributed by atoms with Gasteiger partial charge in [-0.05, 0) is 58.0 Å². The summed E-state index contributed by atoms with van der Waals surface area (Å²) in [6, 6.07) is 5.26. The van der Waals surface area contributed by atoms with Gasteiger partial charge in [-0.3, -0.25) is 4.79 Å². The molecule has 0 aliphatic carbocycles. The summed E-state index contributed by atoms with van der Waals surface area (Å²) in [7, 11) is 0. The Morgan fingerprint density at radius 1 is 1.35 bits per heavy atom. The van der Waals surface area contributed by atoms with Gasteiger partial charge in [0.05, 0.1) is 11.7 Å². The summed E-state index contributed by atoms with van der Waals surface area (Å²) < 4.78 is 5.70. The monoisotopic (exact) mass is 295 g/mol. The van der Waals surface area contributed by atoms with Crippen LogP contribution in [0.5, 0.6) is 5.75 Å². The Balaban J connectivity index is 2.04. The van der Waals surface area contributed by atoms with Gasteiger partial charge in [-0.2, -0.15) is 0 Å². The summed E-state index contributed by atoms with van der Waals surface area (Å²) in [5.41, 5.74) is 0.602. The van der Waals surface area contributed by atoms with Gasteiger partial charge < -0.3 is 9.64 Å².